The number of hydrogen-bond donors (Lipinski definition) is 2. The zero-order valence-corrected chi connectivity index (χ0v) is 9.89. The molecule has 4 N–H and O–H groups in total. The van der Waals surface area contributed by atoms with Gasteiger partial charge in [0, 0.05) is 5.69 Å². The Labute approximate surface area is 101 Å². The van der Waals surface area contributed by atoms with Gasteiger partial charge in [-0.2, -0.15) is 0 Å². The predicted molar refractivity (Wildman–Crippen MR) is 65.6 cm³/mol. The second kappa shape index (κ2) is 6.88. The van der Waals surface area contributed by atoms with Crippen LogP contribution < -0.4 is 11.5 Å². The summed E-state index contributed by atoms with van der Waals surface area (Å²) in [5.41, 5.74) is 11.2. The Balaban J connectivity index is 0.000000166. The van der Waals surface area contributed by atoms with E-state index in [1.54, 1.807) is 24.3 Å². The van der Waals surface area contributed by atoms with Crippen LogP contribution in [0.4, 0.5) is 5.69 Å². The van der Waals surface area contributed by atoms with Crippen LogP contribution in [0.3, 0.4) is 0 Å². The monoisotopic (exact) mass is 238 g/mol. The quantitative estimate of drug-likeness (QED) is 0.558. The number of primary amides is 1. The van der Waals surface area contributed by atoms with Crippen molar-refractivity contribution in [3.63, 3.8) is 0 Å². The molecule has 0 aliphatic carbocycles. The highest BCUT2D eigenvalue weighted by molar-refractivity contribution is 5.97. The van der Waals surface area contributed by atoms with Crippen molar-refractivity contribution in [1.82, 2.24) is 0 Å². The number of ether oxygens (including phenoxy) is 2. The Morgan fingerprint density at radius 2 is 1.82 bits per heavy atom. The number of benzene rings is 1. The first-order chi connectivity index (χ1) is 8.11. The molecular weight excluding hydrogens is 220 g/mol. The molecule has 2 aliphatic rings. The van der Waals surface area contributed by atoms with Gasteiger partial charge in [-0.1, -0.05) is 12.1 Å². The fourth-order valence-electron chi connectivity index (χ4n) is 0.818. The minimum atomic E-state index is -0.488. The molecule has 2 aliphatic heterocycles. The Kier molecular flexibility index (Phi) is 5.45. The van der Waals surface area contributed by atoms with Crippen LogP contribution in [0.2, 0.25) is 0 Å². The van der Waals surface area contributed by atoms with Gasteiger partial charge >= 0.3 is 0 Å². The third-order valence-corrected chi connectivity index (χ3v) is 1.93. The molecule has 5 heteroatoms. The maximum atomic E-state index is 10.6. The number of rotatable bonds is 1. The Morgan fingerprint density at radius 1 is 1.35 bits per heavy atom. The average Bonchev–Trinajstić information content (AvgIpc) is 3.14. The molecule has 0 radical (unpaired) electrons. The number of para-hydroxylation sites is 1. The van der Waals surface area contributed by atoms with Gasteiger partial charge in [-0.25, -0.2) is 0 Å². The van der Waals surface area contributed by atoms with Crippen molar-refractivity contribution >= 4 is 11.6 Å². The van der Waals surface area contributed by atoms with Gasteiger partial charge in [0.15, 0.2) is 0 Å². The zero-order chi connectivity index (χ0) is 12.7. The van der Waals surface area contributed by atoms with Crippen LogP contribution in [0.15, 0.2) is 24.3 Å². The normalized spacial score (nSPS) is 19.0. The van der Waals surface area contributed by atoms with E-state index in [2.05, 4.69) is 11.7 Å². The van der Waals surface area contributed by atoms with Gasteiger partial charge in [0.1, 0.15) is 0 Å². The topological polar surface area (TPSA) is 94.2 Å². The number of nitrogens with two attached hydrogens (primary N) is 2. The fraction of sp³-hybridized carbons (Fsp3) is 0.417. The van der Waals surface area contributed by atoms with E-state index in [-0.39, 0.29) is 0 Å². The molecule has 0 spiro atoms. The molecule has 1 amide bonds. The van der Waals surface area contributed by atoms with Crippen molar-refractivity contribution in [1.29, 1.82) is 0 Å². The summed E-state index contributed by atoms with van der Waals surface area (Å²) in [6, 6.07) is 6.70. The van der Waals surface area contributed by atoms with Crippen LogP contribution in [0, 0.1) is 0 Å². The van der Waals surface area contributed by atoms with Gasteiger partial charge in [0.05, 0.1) is 31.5 Å². The van der Waals surface area contributed by atoms with Gasteiger partial charge in [0.25, 0.3) is 5.91 Å². The Bertz CT molecular complexity index is 360. The summed E-state index contributed by atoms with van der Waals surface area (Å²) in [7, 11) is 0. The van der Waals surface area contributed by atoms with Crippen molar-refractivity contribution in [3.05, 3.63) is 29.8 Å². The first kappa shape index (κ1) is 13.5. The lowest BCUT2D eigenvalue weighted by Crippen LogP contribution is -2.12. The average molecular weight is 238 g/mol. The van der Waals surface area contributed by atoms with Crippen LogP contribution in [0.25, 0.3) is 0 Å². The molecule has 3 rings (SSSR count). The summed E-state index contributed by atoms with van der Waals surface area (Å²) in [5.74, 6) is -0.488. The highest BCUT2D eigenvalue weighted by Crippen LogP contribution is 2.08. The largest absolute Gasteiger partial charge is 0.398 e. The van der Waals surface area contributed by atoms with E-state index in [4.69, 9.17) is 16.2 Å². The van der Waals surface area contributed by atoms with Gasteiger partial charge in [-0.15, -0.1) is 0 Å². The van der Waals surface area contributed by atoms with Crippen molar-refractivity contribution in [2.75, 3.05) is 25.6 Å². The second-order valence-corrected chi connectivity index (χ2v) is 3.71. The molecule has 0 aromatic heterocycles. The number of anilines is 1. The lowest BCUT2D eigenvalue weighted by atomic mass is 10.2. The first-order valence-corrected chi connectivity index (χ1v) is 5.45. The summed E-state index contributed by atoms with van der Waals surface area (Å²) in [4.78, 5) is 10.6. The molecule has 17 heavy (non-hydrogen) atoms. The number of epoxide rings is 2. The molecule has 2 saturated heterocycles. The number of hydrogen-bond acceptors (Lipinski definition) is 4. The Hall–Kier alpha value is -1.59. The maximum absolute atomic E-state index is 10.6. The smallest absolute Gasteiger partial charge is 0.250 e. The first-order valence-electron chi connectivity index (χ1n) is 5.45. The highest BCUT2D eigenvalue weighted by atomic mass is 16.6. The number of carbonyl (C=O) groups excluding carboxylic acids is 1. The van der Waals surface area contributed by atoms with Crippen molar-refractivity contribution in [3.8, 4) is 0 Å². The van der Waals surface area contributed by atoms with Crippen molar-refractivity contribution < 1.29 is 14.3 Å². The third-order valence-electron chi connectivity index (χ3n) is 1.93. The van der Waals surface area contributed by atoms with E-state index < -0.39 is 5.91 Å². The van der Waals surface area contributed by atoms with E-state index in [0.29, 0.717) is 17.4 Å². The third kappa shape index (κ3) is 7.32. The van der Waals surface area contributed by atoms with Crippen LogP contribution >= 0.6 is 0 Å². The molecule has 1 aromatic rings. The molecule has 5 nitrogen and oxygen atoms in total. The Morgan fingerprint density at radius 3 is 2.06 bits per heavy atom. The number of nitrogen functional groups attached to an aromatic ring is 1. The molecular formula is C12H18N2O3. The minimum absolute atomic E-state index is 0.377. The minimum Gasteiger partial charge on any atom is -0.398 e. The SMILES string of the molecule is C1CO1.CC1CO1.NC(=O)c1ccccc1N. The van der Waals surface area contributed by atoms with E-state index in [1.807, 2.05) is 0 Å². The van der Waals surface area contributed by atoms with Crippen LogP contribution in [0.1, 0.15) is 17.3 Å². The molecule has 1 atom stereocenters. The summed E-state index contributed by atoms with van der Waals surface area (Å²) in [6.45, 7) is 5.04. The van der Waals surface area contributed by atoms with E-state index in [1.165, 1.54) is 0 Å². The molecule has 0 bridgehead atoms. The number of carbonyl (C=O) groups is 1. The standard InChI is InChI=1S/C7H8N2O.C3H6O.C2H4O/c8-6-4-2-1-3-5(6)7(9)10;1-3-2-4-3;1-2-3-1/h1-4H,8H2,(H2,9,10);3H,2H2,1H3;1-2H2. The van der Waals surface area contributed by atoms with E-state index in [0.717, 1.165) is 19.8 Å². The molecule has 1 unspecified atom stereocenters. The van der Waals surface area contributed by atoms with Crippen LogP contribution in [-0.2, 0) is 9.47 Å². The van der Waals surface area contributed by atoms with Crippen LogP contribution in [0.5, 0.6) is 0 Å². The highest BCUT2D eigenvalue weighted by Gasteiger charge is 2.13. The van der Waals surface area contributed by atoms with Gasteiger partial charge in [0.2, 0.25) is 0 Å². The van der Waals surface area contributed by atoms with Gasteiger partial charge in [-0.05, 0) is 19.1 Å². The van der Waals surface area contributed by atoms with Crippen molar-refractivity contribution in [2.24, 2.45) is 5.73 Å². The van der Waals surface area contributed by atoms with Gasteiger partial charge < -0.3 is 20.9 Å². The summed E-state index contributed by atoms with van der Waals surface area (Å²) in [5, 5.41) is 0. The predicted octanol–water partition coefficient (Wildman–Crippen LogP) is 0.789. The van der Waals surface area contributed by atoms with Crippen LogP contribution in [-0.4, -0.2) is 31.8 Å². The summed E-state index contributed by atoms with van der Waals surface area (Å²) < 4.78 is 9.21. The molecule has 2 fully saturated rings. The van der Waals surface area contributed by atoms with E-state index in [9.17, 15) is 4.79 Å². The maximum Gasteiger partial charge on any atom is 0.250 e. The lowest BCUT2D eigenvalue weighted by Gasteiger charge is -1.97. The second-order valence-electron chi connectivity index (χ2n) is 3.71. The molecule has 0 saturated carbocycles. The van der Waals surface area contributed by atoms with Crippen molar-refractivity contribution in [2.45, 2.75) is 13.0 Å². The lowest BCUT2D eigenvalue weighted by molar-refractivity contribution is 0.100. The van der Waals surface area contributed by atoms with Gasteiger partial charge in [-0.3, -0.25) is 4.79 Å². The zero-order valence-electron chi connectivity index (χ0n) is 9.89. The summed E-state index contributed by atoms with van der Waals surface area (Å²) >= 11 is 0. The summed E-state index contributed by atoms with van der Waals surface area (Å²) in [6.07, 6.45) is 0.583. The molecule has 2 heterocycles. The molecule has 94 valence electrons. The molecule has 1 aromatic carbocycles. The fourth-order valence-corrected chi connectivity index (χ4v) is 0.818. The van der Waals surface area contributed by atoms with E-state index >= 15 is 0 Å². The number of amides is 1.